The molecule has 0 aliphatic carbocycles. The van der Waals surface area contributed by atoms with Crippen LogP contribution in [0.1, 0.15) is 85.0 Å². The molecule has 3 heteroatoms. The maximum atomic E-state index is 9.68. The second-order valence-corrected chi connectivity index (χ2v) is 4.28. The molecule has 0 aromatic rings. The molecule has 0 radical (unpaired) electrons. The highest BCUT2D eigenvalue weighted by Crippen LogP contribution is 1.94. The number of carbonyl (C=O) groups is 3. The third kappa shape index (κ3) is 47.2. The Morgan fingerprint density at radius 2 is 0.842 bits per heavy atom. The van der Waals surface area contributed by atoms with Gasteiger partial charge < -0.3 is 14.4 Å². The number of aldehydes is 3. The first-order valence-electron chi connectivity index (χ1n) is 7.55. The molecule has 0 amide bonds. The molecule has 0 aliphatic rings. The van der Waals surface area contributed by atoms with Crippen molar-refractivity contribution in [3.63, 3.8) is 0 Å². The van der Waals surface area contributed by atoms with E-state index in [1.165, 1.54) is 12.8 Å². The molecule has 0 fully saturated rings. The molecule has 0 rings (SSSR count). The van der Waals surface area contributed by atoms with Gasteiger partial charge in [0.05, 0.1) is 0 Å². The van der Waals surface area contributed by atoms with E-state index in [2.05, 4.69) is 20.8 Å². The second-order valence-electron chi connectivity index (χ2n) is 4.28. The largest absolute Gasteiger partial charge is 0.303 e. The van der Waals surface area contributed by atoms with Gasteiger partial charge in [-0.05, 0) is 19.3 Å². The van der Waals surface area contributed by atoms with Crippen LogP contribution in [0.25, 0.3) is 0 Å². The summed E-state index contributed by atoms with van der Waals surface area (Å²) >= 11 is 0. The molecule has 0 heterocycles. The molecule has 0 aliphatic heterocycles. The fourth-order valence-corrected chi connectivity index (χ4v) is 1.05. The maximum absolute atomic E-state index is 9.68. The molecule has 0 saturated carbocycles. The molecule has 114 valence electrons. The third-order valence-electron chi connectivity index (χ3n) is 2.28. The Morgan fingerprint density at radius 3 is 1.05 bits per heavy atom. The van der Waals surface area contributed by atoms with Gasteiger partial charge >= 0.3 is 0 Å². The van der Waals surface area contributed by atoms with Crippen molar-refractivity contribution in [1.82, 2.24) is 0 Å². The smallest absolute Gasteiger partial charge is 0.119 e. The van der Waals surface area contributed by atoms with E-state index in [0.717, 1.165) is 70.2 Å². The molecule has 0 unspecified atom stereocenters. The molecule has 0 N–H and O–H groups in total. The van der Waals surface area contributed by atoms with Crippen LogP contribution in [-0.4, -0.2) is 18.9 Å². The van der Waals surface area contributed by atoms with E-state index < -0.39 is 0 Å². The average Bonchev–Trinajstić information content (AvgIpc) is 2.45. The average molecular weight is 272 g/mol. The van der Waals surface area contributed by atoms with Crippen LogP contribution in [0.15, 0.2) is 0 Å². The van der Waals surface area contributed by atoms with Crippen LogP contribution < -0.4 is 0 Å². The monoisotopic (exact) mass is 272 g/mol. The van der Waals surface area contributed by atoms with E-state index in [1.54, 1.807) is 0 Å². The van der Waals surface area contributed by atoms with Gasteiger partial charge in [0.25, 0.3) is 0 Å². The summed E-state index contributed by atoms with van der Waals surface area (Å²) in [6.07, 6.45) is 12.9. The number of rotatable bonds is 10. The first-order valence-corrected chi connectivity index (χ1v) is 7.55. The van der Waals surface area contributed by atoms with Gasteiger partial charge in [-0.15, -0.1) is 0 Å². The van der Waals surface area contributed by atoms with Gasteiger partial charge in [0.1, 0.15) is 18.9 Å². The number of carbonyl (C=O) groups excluding carboxylic acids is 3. The first kappa shape index (κ1) is 23.1. The maximum Gasteiger partial charge on any atom is 0.119 e. The highest BCUT2D eigenvalue weighted by Gasteiger charge is 1.80. The van der Waals surface area contributed by atoms with E-state index in [0.29, 0.717) is 0 Å². The summed E-state index contributed by atoms with van der Waals surface area (Å²) in [5.41, 5.74) is 0. The summed E-state index contributed by atoms with van der Waals surface area (Å²) in [5.74, 6) is 0. The van der Waals surface area contributed by atoms with Crippen molar-refractivity contribution in [2.75, 3.05) is 0 Å². The quantitative estimate of drug-likeness (QED) is 0.434. The van der Waals surface area contributed by atoms with Crippen LogP contribution in [0, 0.1) is 0 Å². The highest BCUT2D eigenvalue weighted by atomic mass is 16.1. The van der Waals surface area contributed by atoms with Crippen molar-refractivity contribution in [2.24, 2.45) is 0 Å². The standard InChI is InChI=1S/C6H12O.2C5H10O/c1-2-3-4-5-6-7;2*1-2-3-4-5-6/h6H,2-5H2,1H3;2*5H,2-4H2,1H3. The lowest BCUT2D eigenvalue weighted by molar-refractivity contribution is -0.108. The Balaban J connectivity index is -0.000000203. The van der Waals surface area contributed by atoms with Gasteiger partial charge in [0, 0.05) is 19.3 Å². The molecule has 19 heavy (non-hydrogen) atoms. The predicted octanol–water partition coefficient (Wildman–Crippen LogP) is 4.52. The predicted molar refractivity (Wildman–Crippen MR) is 81.4 cm³/mol. The van der Waals surface area contributed by atoms with E-state index in [-0.39, 0.29) is 0 Å². The number of hydrogen-bond acceptors (Lipinski definition) is 3. The van der Waals surface area contributed by atoms with Crippen LogP contribution in [0.4, 0.5) is 0 Å². The fourth-order valence-electron chi connectivity index (χ4n) is 1.05. The molecule has 0 bridgehead atoms. The van der Waals surface area contributed by atoms with Gasteiger partial charge in [-0.2, -0.15) is 0 Å². The minimum atomic E-state index is 0.733. The summed E-state index contributed by atoms with van der Waals surface area (Å²) in [6, 6.07) is 0. The number of unbranched alkanes of at least 4 members (excludes halogenated alkanes) is 7. The van der Waals surface area contributed by atoms with Crippen molar-refractivity contribution in [2.45, 2.75) is 85.0 Å². The van der Waals surface area contributed by atoms with Crippen LogP contribution in [-0.2, 0) is 14.4 Å². The zero-order valence-electron chi connectivity index (χ0n) is 13.0. The summed E-state index contributed by atoms with van der Waals surface area (Å²) < 4.78 is 0. The van der Waals surface area contributed by atoms with E-state index in [4.69, 9.17) is 0 Å². The zero-order chi connectivity index (χ0) is 15.2. The van der Waals surface area contributed by atoms with Crippen molar-refractivity contribution < 1.29 is 14.4 Å². The van der Waals surface area contributed by atoms with Crippen LogP contribution in [0.3, 0.4) is 0 Å². The molecular weight excluding hydrogens is 240 g/mol. The first-order chi connectivity index (χ1) is 9.24. The van der Waals surface area contributed by atoms with Gasteiger partial charge in [0.15, 0.2) is 0 Å². The topological polar surface area (TPSA) is 51.2 Å². The normalized spacial score (nSPS) is 8.37. The minimum absolute atomic E-state index is 0.733. The van der Waals surface area contributed by atoms with Crippen LogP contribution >= 0.6 is 0 Å². The lowest BCUT2D eigenvalue weighted by Gasteiger charge is -1.85. The molecule has 0 aromatic carbocycles. The van der Waals surface area contributed by atoms with E-state index in [1.807, 2.05) is 0 Å². The fraction of sp³-hybridized carbons (Fsp3) is 0.812. The van der Waals surface area contributed by atoms with Crippen molar-refractivity contribution in [1.29, 1.82) is 0 Å². The van der Waals surface area contributed by atoms with Crippen molar-refractivity contribution in [3.8, 4) is 0 Å². The Bertz CT molecular complexity index is 155. The zero-order valence-corrected chi connectivity index (χ0v) is 13.0. The van der Waals surface area contributed by atoms with Gasteiger partial charge in [0.2, 0.25) is 0 Å². The number of hydrogen-bond donors (Lipinski definition) is 0. The Labute approximate surface area is 119 Å². The van der Waals surface area contributed by atoms with Gasteiger partial charge in [-0.1, -0.05) is 46.5 Å². The molecule has 0 atom stereocenters. The van der Waals surface area contributed by atoms with Crippen LogP contribution in [0.2, 0.25) is 0 Å². The van der Waals surface area contributed by atoms with Crippen molar-refractivity contribution in [3.05, 3.63) is 0 Å². The second kappa shape index (κ2) is 30.2. The molecule has 0 spiro atoms. The van der Waals surface area contributed by atoms with Crippen LogP contribution in [0.5, 0.6) is 0 Å². The van der Waals surface area contributed by atoms with E-state index >= 15 is 0 Å². The molecule has 3 nitrogen and oxygen atoms in total. The van der Waals surface area contributed by atoms with E-state index in [9.17, 15) is 14.4 Å². The van der Waals surface area contributed by atoms with Crippen molar-refractivity contribution >= 4 is 18.9 Å². The van der Waals surface area contributed by atoms with Gasteiger partial charge in [-0.3, -0.25) is 0 Å². The Kier molecular flexibility index (Phi) is 36.8. The summed E-state index contributed by atoms with van der Waals surface area (Å²) in [7, 11) is 0. The summed E-state index contributed by atoms with van der Waals surface area (Å²) in [6.45, 7) is 6.28. The third-order valence-corrected chi connectivity index (χ3v) is 2.28. The Morgan fingerprint density at radius 1 is 0.526 bits per heavy atom. The van der Waals surface area contributed by atoms with Gasteiger partial charge in [-0.25, -0.2) is 0 Å². The lowest BCUT2D eigenvalue weighted by atomic mass is 10.2. The lowest BCUT2D eigenvalue weighted by Crippen LogP contribution is -1.73. The summed E-state index contributed by atoms with van der Waals surface area (Å²) in [5, 5.41) is 0. The SMILES string of the molecule is CCCCC=O.CCCCC=O.CCCCCC=O. The molecule has 0 saturated heterocycles. The highest BCUT2D eigenvalue weighted by molar-refractivity contribution is 5.49. The molecular formula is C16H32O3. The summed E-state index contributed by atoms with van der Waals surface area (Å²) in [4.78, 5) is 28.8. The minimum Gasteiger partial charge on any atom is -0.303 e. The Hall–Kier alpha value is -0.990. The molecule has 0 aromatic heterocycles.